The van der Waals surface area contributed by atoms with Gasteiger partial charge in [0.1, 0.15) is 0 Å². The van der Waals surface area contributed by atoms with E-state index < -0.39 is 0 Å². The lowest BCUT2D eigenvalue weighted by molar-refractivity contribution is -0.237. The summed E-state index contributed by atoms with van der Waals surface area (Å²) >= 11 is 0. The van der Waals surface area contributed by atoms with E-state index in [1.54, 1.807) is 6.92 Å². The van der Waals surface area contributed by atoms with Crippen molar-refractivity contribution in [2.24, 2.45) is 0 Å². The topological polar surface area (TPSA) is 79.2 Å². The molecule has 0 heterocycles. The first-order chi connectivity index (χ1) is 5.33. The number of hydrogen-bond donors (Lipinski definition) is 3. The largest absolute Gasteiger partial charge is 0.394 e. The number of aliphatic hydroxyl groups is 2. The van der Waals surface area contributed by atoms with E-state index in [9.17, 15) is 0 Å². The van der Waals surface area contributed by atoms with Crippen molar-refractivity contribution in [3.8, 4) is 0 Å². The molecule has 0 aromatic carbocycles. The highest BCUT2D eigenvalue weighted by atomic mass is 17.1. The summed E-state index contributed by atoms with van der Waals surface area (Å²) in [6, 6.07) is 0. The van der Waals surface area contributed by atoms with Crippen molar-refractivity contribution in [3.05, 3.63) is 0 Å². The lowest BCUT2D eigenvalue weighted by atomic mass is 10.7. The number of rotatable bonds is 5. The first-order valence-corrected chi connectivity index (χ1v) is 3.39. The Bertz CT molecular complexity index is 44.2. The SMILES string of the molecule is CCOO.OCCOCCO. The molecule has 0 bridgehead atoms. The highest BCUT2D eigenvalue weighted by Gasteiger charge is 1.79. The fraction of sp³-hybridized carbons (Fsp3) is 1.00. The summed E-state index contributed by atoms with van der Waals surface area (Å²) in [6.45, 7) is 2.78. The summed E-state index contributed by atoms with van der Waals surface area (Å²) in [4.78, 5) is 3.54. The second-order valence-electron chi connectivity index (χ2n) is 1.48. The van der Waals surface area contributed by atoms with Gasteiger partial charge in [-0.1, -0.05) is 0 Å². The van der Waals surface area contributed by atoms with Crippen LogP contribution in [-0.4, -0.2) is 48.5 Å². The minimum atomic E-state index is 0.0278. The van der Waals surface area contributed by atoms with E-state index in [1.807, 2.05) is 0 Å². The molecular formula is C6H16O5. The Morgan fingerprint density at radius 1 is 1.09 bits per heavy atom. The van der Waals surface area contributed by atoms with Gasteiger partial charge in [-0.2, -0.15) is 0 Å². The van der Waals surface area contributed by atoms with Crippen LogP contribution in [0.2, 0.25) is 0 Å². The number of ether oxygens (including phenoxy) is 1. The third-order valence-electron chi connectivity index (χ3n) is 0.600. The van der Waals surface area contributed by atoms with E-state index >= 15 is 0 Å². The van der Waals surface area contributed by atoms with Gasteiger partial charge in [0.25, 0.3) is 0 Å². The zero-order chi connectivity index (χ0) is 8.95. The van der Waals surface area contributed by atoms with Crippen molar-refractivity contribution in [2.75, 3.05) is 33.0 Å². The molecule has 5 nitrogen and oxygen atoms in total. The smallest absolute Gasteiger partial charge is 0.0791 e. The Morgan fingerprint density at radius 3 is 1.64 bits per heavy atom. The molecule has 0 saturated carbocycles. The molecule has 0 rings (SSSR count). The van der Waals surface area contributed by atoms with Crippen molar-refractivity contribution in [1.82, 2.24) is 0 Å². The molecule has 70 valence electrons. The normalized spacial score (nSPS) is 8.73. The maximum atomic E-state index is 8.09. The van der Waals surface area contributed by atoms with Crippen LogP contribution in [0.5, 0.6) is 0 Å². The Labute approximate surface area is 66.1 Å². The molecule has 0 aliphatic rings. The van der Waals surface area contributed by atoms with Crippen LogP contribution in [-0.2, 0) is 9.62 Å². The first-order valence-electron chi connectivity index (χ1n) is 3.39. The molecule has 0 radical (unpaired) electrons. The predicted octanol–water partition coefficient (Wildman–Crippen LogP) is -0.516. The maximum absolute atomic E-state index is 8.09. The monoisotopic (exact) mass is 168 g/mol. The van der Waals surface area contributed by atoms with Crippen LogP contribution in [0.1, 0.15) is 6.92 Å². The molecule has 11 heavy (non-hydrogen) atoms. The minimum absolute atomic E-state index is 0.0278. The van der Waals surface area contributed by atoms with E-state index in [4.69, 9.17) is 15.5 Å². The van der Waals surface area contributed by atoms with Gasteiger partial charge in [-0.25, -0.2) is 4.89 Å². The summed E-state index contributed by atoms with van der Waals surface area (Å²) < 4.78 is 4.63. The molecule has 0 spiro atoms. The average molecular weight is 168 g/mol. The lowest BCUT2D eigenvalue weighted by Gasteiger charge is -1.94. The minimum Gasteiger partial charge on any atom is -0.394 e. The van der Waals surface area contributed by atoms with E-state index in [0.29, 0.717) is 19.8 Å². The Hall–Kier alpha value is -0.200. The maximum Gasteiger partial charge on any atom is 0.0791 e. The van der Waals surface area contributed by atoms with Gasteiger partial charge < -0.3 is 14.9 Å². The summed E-state index contributed by atoms with van der Waals surface area (Å²) in [5.41, 5.74) is 0. The molecule has 0 aromatic heterocycles. The van der Waals surface area contributed by atoms with Gasteiger partial charge >= 0.3 is 0 Å². The second kappa shape index (κ2) is 16.4. The van der Waals surface area contributed by atoms with Crippen LogP contribution in [0.15, 0.2) is 0 Å². The zero-order valence-corrected chi connectivity index (χ0v) is 6.69. The van der Waals surface area contributed by atoms with Crippen molar-refractivity contribution in [1.29, 1.82) is 0 Å². The van der Waals surface area contributed by atoms with Crippen molar-refractivity contribution < 1.29 is 25.1 Å². The lowest BCUT2D eigenvalue weighted by Crippen LogP contribution is -2.03. The summed E-state index contributed by atoms with van der Waals surface area (Å²) in [6.07, 6.45) is 0. The van der Waals surface area contributed by atoms with E-state index in [0.717, 1.165) is 0 Å². The van der Waals surface area contributed by atoms with Crippen molar-refractivity contribution in [3.63, 3.8) is 0 Å². The zero-order valence-electron chi connectivity index (χ0n) is 6.69. The molecule has 0 saturated heterocycles. The first kappa shape index (κ1) is 13.4. The summed E-state index contributed by atoms with van der Waals surface area (Å²) in [5, 5.41) is 23.5. The summed E-state index contributed by atoms with van der Waals surface area (Å²) in [5.74, 6) is 0. The predicted molar refractivity (Wildman–Crippen MR) is 39.2 cm³/mol. The number of aliphatic hydroxyl groups excluding tert-OH is 2. The molecule has 0 aliphatic heterocycles. The van der Waals surface area contributed by atoms with Crippen molar-refractivity contribution >= 4 is 0 Å². The van der Waals surface area contributed by atoms with Gasteiger partial charge in [-0.3, -0.25) is 5.26 Å². The molecule has 0 fully saturated rings. The summed E-state index contributed by atoms with van der Waals surface area (Å²) in [7, 11) is 0. The van der Waals surface area contributed by atoms with Gasteiger partial charge in [0.05, 0.1) is 33.0 Å². The van der Waals surface area contributed by atoms with Crippen molar-refractivity contribution in [2.45, 2.75) is 6.92 Å². The van der Waals surface area contributed by atoms with Gasteiger partial charge in [0.2, 0.25) is 0 Å². The molecule has 0 atom stereocenters. The van der Waals surface area contributed by atoms with Crippen LogP contribution in [0.3, 0.4) is 0 Å². The van der Waals surface area contributed by atoms with E-state index in [2.05, 4.69) is 9.62 Å². The van der Waals surface area contributed by atoms with Crippen LogP contribution < -0.4 is 0 Å². The molecule has 0 aliphatic carbocycles. The molecule has 5 heteroatoms. The second-order valence-corrected chi connectivity index (χ2v) is 1.48. The average Bonchev–Trinajstić information content (AvgIpc) is 2.06. The molecule has 0 aromatic rings. The quantitative estimate of drug-likeness (QED) is 0.292. The fourth-order valence-corrected chi connectivity index (χ4v) is 0.231. The molecule has 0 unspecified atom stereocenters. The van der Waals surface area contributed by atoms with E-state index in [1.165, 1.54) is 0 Å². The van der Waals surface area contributed by atoms with Crippen LogP contribution >= 0.6 is 0 Å². The molecule has 3 N–H and O–H groups in total. The van der Waals surface area contributed by atoms with E-state index in [-0.39, 0.29) is 13.2 Å². The Morgan fingerprint density at radius 2 is 1.45 bits per heavy atom. The number of hydrogen-bond acceptors (Lipinski definition) is 5. The highest BCUT2D eigenvalue weighted by molar-refractivity contribution is 4.24. The van der Waals surface area contributed by atoms with Crippen LogP contribution in [0.25, 0.3) is 0 Å². The van der Waals surface area contributed by atoms with Crippen LogP contribution in [0, 0.1) is 0 Å². The fourth-order valence-electron chi connectivity index (χ4n) is 0.231. The van der Waals surface area contributed by atoms with Crippen LogP contribution in [0.4, 0.5) is 0 Å². The highest BCUT2D eigenvalue weighted by Crippen LogP contribution is 1.68. The van der Waals surface area contributed by atoms with Gasteiger partial charge in [0.15, 0.2) is 0 Å². The van der Waals surface area contributed by atoms with Gasteiger partial charge in [-0.15, -0.1) is 0 Å². The molecule has 0 amide bonds. The molecular weight excluding hydrogens is 152 g/mol. The third-order valence-corrected chi connectivity index (χ3v) is 0.600. The van der Waals surface area contributed by atoms with Gasteiger partial charge in [-0.05, 0) is 6.92 Å². The third kappa shape index (κ3) is 25.9. The Kier molecular flexibility index (Phi) is 20.0. The standard InChI is InChI=1S/C4H10O3.C2H6O2/c5-1-3-7-4-2-6;1-2-4-3/h5-6H,1-4H2;3H,2H2,1H3. The Balaban J connectivity index is 0. The van der Waals surface area contributed by atoms with Gasteiger partial charge in [0, 0.05) is 0 Å².